The molecule has 152 valence electrons. The number of nitrogens with one attached hydrogen (secondary N) is 1. The topological polar surface area (TPSA) is 92.0 Å². The van der Waals surface area contributed by atoms with Crippen molar-refractivity contribution in [2.24, 2.45) is 11.8 Å². The van der Waals surface area contributed by atoms with Crippen molar-refractivity contribution in [3.8, 4) is 0 Å². The van der Waals surface area contributed by atoms with Crippen molar-refractivity contribution in [3.63, 3.8) is 0 Å². The van der Waals surface area contributed by atoms with Crippen LogP contribution in [-0.4, -0.2) is 48.8 Å². The highest BCUT2D eigenvalue weighted by atomic mass is 16.3. The minimum absolute atomic E-state index is 0.134. The molecular formula is C21H27N7O. The van der Waals surface area contributed by atoms with E-state index in [1.807, 2.05) is 19.1 Å². The van der Waals surface area contributed by atoms with Gasteiger partial charge in [0.15, 0.2) is 0 Å². The summed E-state index contributed by atoms with van der Waals surface area (Å²) in [6, 6.07) is 4.22. The monoisotopic (exact) mass is 393 g/mol. The number of pyridine rings is 1. The molecule has 4 heterocycles. The zero-order chi connectivity index (χ0) is 20.1. The molecule has 8 heteroatoms. The lowest BCUT2D eigenvalue weighted by atomic mass is 10.0. The van der Waals surface area contributed by atoms with E-state index in [2.05, 4.69) is 43.6 Å². The Morgan fingerprint density at radius 3 is 2.59 bits per heavy atom. The van der Waals surface area contributed by atoms with Crippen molar-refractivity contribution in [1.29, 1.82) is 0 Å². The number of rotatable bonds is 4. The van der Waals surface area contributed by atoms with Gasteiger partial charge in [0.25, 0.3) is 0 Å². The van der Waals surface area contributed by atoms with Crippen LogP contribution in [0.1, 0.15) is 38.6 Å². The molecule has 0 spiro atoms. The highest BCUT2D eigenvalue weighted by Gasteiger charge is 2.41. The molecule has 1 saturated heterocycles. The van der Waals surface area contributed by atoms with E-state index < -0.39 is 0 Å². The molecule has 0 bridgehead atoms. The van der Waals surface area contributed by atoms with Gasteiger partial charge in [-0.1, -0.05) is 0 Å². The normalized spacial score (nSPS) is 23.9. The van der Waals surface area contributed by atoms with Crippen LogP contribution in [0.4, 0.5) is 17.6 Å². The highest BCUT2D eigenvalue weighted by Crippen LogP contribution is 2.39. The van der Waals surface area contributed by atoms with Gasteiger partial charge in [0.1, 0.15) is 23.0 Å². The Labute approximate surface area is 170 Å². The first-order valence-corrected chi connectivity index (χ1v) is 10.4. The minimum atomic E-state index is -0.134. The SMILES string of the molecule is Cc1nc2cnc(Nc3ccnc(N4CC5CC(O)CC5C4)n3)cc2n1C(C)C. The van der Waals surface area contributed by atoms with Gasteiger partial charge in [-0.15, -0.1) is 0 Å². The molecule has 8 nitrogen and oxygen atoms in total. The lowest BCUT2D eigenvalue weighted by molar-refractivity contribution is 0.174. The number of fused-ring (bicyclic) bond motifs is 2. The number of aliphatic hydroxyl groups is 1. The second-order valence-corrected chi connectivity index (χ2v) is 8.60. The van der Waals surface area contributed by atoms with E-state index >= 15 is 0 Å². The molecule has 29 heavy (non-hydrogen) atoms. The maximum atomic E-state index is 9.86. The van der Waals surface area contributed by atoms with Crippen LogP contribution < -0.4 is 10.2 Å². The summed E-state index contributed by atoms with van der Waals surface area (Å²) in [6.45, 7) is 8.17. The van der Waals surface area contributed by atoms with Crippen molar-refractivity contribution in [3.05, 3.63) is 30.4 Å². The standard InChI is InChI=1S/C21H27N7O/c1-12(2)28-13(3)24-17-9-23-20(8-18(17)28)25-19-4-5-22-21(26-19)27-10-14-6-16(29)7-15(14)11-27/h4-5,8-9,12,14-16,29H,6-7,10-11H2,1-3H3,(H,22,23,25,26). The number of nitrogens with zero attached hydrogens (tertiary/aromatic N) is 6. The molecule has 2 atom stereocenters. The smallest absolute Gasteiger partial charge is 0.227 e. The molecule has 0 amide bonds. The molecule has 1 saturated carbocycles. The molecule has 0 aromatic carbocycles. The number of anilines is 3. The summed E-state index contributed by atoms with van der Waals surface area (Å²) in [6.07, 6.45) is 5.25. The van der Waals surface area contributed by atoms with E-state index in [4.69, 9.17) is 4.98 Å². The van der Waals surface area contributed by atoms with Gasteiger partial charge in [-0.25, -0.2) is 15.0 Å². The minimum Gasteiger partial charge on any atom is -0.393 e. The average molecular weight is 393 g/mol. The van der Waals surface area contributed by atoms with Crippen molar-refractivity contribution in [1.82, 2.24) is 24.5 Å². The van der Waals surface area contributed by atoms with Gasteiger partial charge in [-0.3, -0.25) is 0 Å². The summed E-state index contributed by atoms with van der Waals surface area (Å²) >= 11 is 0. The molecule has 1 aliphatic heterocycles. The first kappa shape index (κ1) is 18.3. The number of aromatic nitrogens is 5. The summed E-state index contributed by atoms with van der Waals surface area (Å²) in [4.78, 5) is 20.5. The molecule has 3 aromatic rings. The van der Waals surface area contributed by atoms with Crippen LogP contribution >= 0.6 is 0 Å². The Kier molecular flexibility index (Phi) is 4.38. The first-order chi connectivity index (χ1) is 14.0. The van der Waals surface area contributed by atoms with Gasteiger partial charge in [0.2, 0.25) is 5.95 Å². The number of imidazole rings is 1. The zero-order valence-electron chi connectivity index (χ0n) is 17.1. The lowest BCUT2D eigenvalue weighted by Crippen LogP contribution is -2.24. The second-order valence-electron chi connectivity index (χ2n) is 8.60. The van der Waals surface area contributed by atoms with Gasteiger partial charge < -0.3 is 19.9 Å². The number of hydrogen-bond donors (Lipinski definition) is 2. The first-order valence-electron chi connectivity index (χ1n) is 10.4. The second kappa shape index (κ2) is 6.95. The fourth-order valence-corrected chi connectivity index (χ4v) is 4.97. The predicted octanol–water partition coefficient (Wildman–Crippen LogP) is 3.06. The third kappa shape index (κ3) is 3.31. The van der Waals surface area contributed by atoms with E-state index in [9.17, 15) is 5.11 Å². The average Bonchev–Trinajstić information content (AvgIpc) is 3.31. The molecular weight excluding hydrogens is 366 g/mol. The fraction of sp³-hybridized carbons (Fsp3) is 0.524. The van der Waals surface area contributed by atoms with Crippen molar-refractivity contribution >= 4 is 28.6 Å². The predicted molar refractivity (Wildman–Crippen MR) is 112 cm³/mol. The fourth-order valence-electron chi connectivity index (χ4n) is 4.97. The summed E-state index contributed by atoms with van der Waals surface area (Å²) in [5.41, 5.74) is 1.96. The lowest BCUT2D eigenvalue weighted by Gasteiger charge is -2.18. The zero-order valence-corrected chi connectivity index (χ0v) is 17.1. The van der Waals surface area contributed by atoms with Crippen LogP contribution in [0.2, 0.25) is 0 Å². The molecule has 2 fully saturated rings. The van der Waals surface area contributed by atoms with Gasteiger partial charge in [-0.2, -0.15) is 4.98 Å². The van der Waals surface area contributed by atoms with Crippen molar-refractivity contribution < 1.29 is 5.11 Å². The molecule has 2 N–H and O–H groups in total. The largest absolute Gasteiger partial charge is 0.393 e. The van der Waals surface area contributed by atoms with E-state index in [1.165, 1.54) is 0 Å². The Balaban J connectivity index is 1.37. The van der Waals surface area contributed by atoms with Gasteiger partial charge in [0.05, 0.1) is 17.8 Å². The number of aryl methyl sites for hydroxylation is 1. The van der Waals surface area contributed by atoms with Gasteiger partial charge in [0, 0.05) is 31.4 Å². The van der Waals surface area contributed by atoms with E-state index in [0.717, 1.165) is 60.4 Å². The third-order valence-corrected chi connectivity index (χ3v) is 6.18. The highest BCUT2D eigenvalue weighted by molar-refractivity contribution is 5.79. The van der Waals surface area contributed by atoms with Gasteiger partial charge in [-0.05, 0) is 51.5 Å². The molecule has 3 aromatic heterocycles. The van der Waals surface area contributed by atoms with Crippen LogP contribution in [0.5, 0.6) is 0 Å². The third-order valence-electron chi connectivity index (χ3n) is 6.18. The van der Waals surface area contributed by atoms with E-state index in [0.29, 0.717) is 17.9 Å². The molecule has 5 rings (SSSR count). The number of aliphatic hydroxyl groups excluding tert-OH is 1. The molecule has 2 aliphatic rings. The van der Waals surface area contributed by atoms with Gasteiger partial charge >= 0.3 is 0 Å². The Hall–Kier alpha value is -2.74. The van der Waals surface area contributed by atoms with E-state index in [1.54, 1.807) is 12.4 Å². The molecule has 1 aliphatic carbocycles. The Morgan fingerprint density at radius 1 is 1.10 bits per heavy atom. The molecule has 2 unspecified atom stereocenters. The Bertz CT molecular complexity index is 1030. The Morgan fingerprint density at radius 2 is 1.86 bits per heavy atom. The maximum Gasteiger partial charge on any atom is 0.227 e. The summed E-state index contributed by atoms with van der Waals surface area (Å²) in [5, 5.41) is 13.2. The maximum absolute atomic E-state index is 9.86. The number of hydrogen-bond acceptors (Lipinski definition) is 7. The van der Waals surface area contributed by atoms with Crippen LogP contribution in [0.15, 0.2) is 24.5 Å². The van der Waals surface area contributed by atoms with Crippen LogP contribution in [0, 0.1) is 18.8 Å². The van der Waals surface area contributed by atoms with Crippen LogP contribution in [0.3, 0.4) is 0 Å². The van der Waals surface area contributed by atoms with Crippen LogP contribution in [-0.2, 0) is 0 Å². The van der Waals surface area contributed by atoms with Crippen molar-refractivity contribution in [2.45, 2.75) is 45.8 Å². The van der Waals surface area contributed by atoms with E-state index in [-0.39, 0.29) is 6.10 Å². The van der Waals surface area contributed by atoms with Crippen molar-refractivity contribution in [2.75, 3.05) is 23.3 Å². The quantitative estimate of drug-likeness (QED) is 0.704. The van der Waals surface area contributed by atoms with Crippen LogP contribution in [0.25, 0.3) is 11.0 Å². The molecule has 0 radical (unpaired) electrons. The summed E-state index contributed by atoms with van der Waals surface area (Å²) in [5.74, 6) is 4.30. The summed E-state index contributed by atoms with van der Waals surface area (Å²) < 4.78 is 2.21. The summed E-state index contributed by atoms with van der Waals surface area (Å²) in [7, 11) is 0.